The van der Waals surface area contributed by atoms with Crippen LogP contribution < -0.4 is 0 Å². The number of hydrogen-bond acceptors (Lipinski definition) is 7. The van der Waals surface area contributed by atoms with Crippen molar-refractivity contribution in [2.24, 2.45) is 0 Å². The van der Waals surface area contributed by atoms with Crippen molar-refractivity contribution in [2.75, 3.05) is 38.8 Å². The van der Waals surface area contributed by atoms with Crippen LogP contribution in [-0.2, 0) is 21.2 Å². The Morgan fingerprint density at radius 3 is 2.74 bits per heavy atom. The van der Waals surface area contributed by atoms with Gasteiger partial charge in [0.05, 0.1) is 29.7 Å². The summed E-state index contributed by atoms with van der Waals surface area (Å²) in [5, 5.41) is 3.87. The number of carbonyl (C=O) groups is 1. The maximum Gasteiger partial charge on any atom is 0.276 e. The number of ether oxygens (including phenoxy) is 1. The van der Waals surface area contributed by atoms with Crippen LogP contribution >= 0.6 is 0 Å². The quantitative estimate of drug-likeness (QED) is 0.743. The molecule has 1 aromatic rings. The lowest BCUT2D eigenvalue weighted by Crippen LogP contribution is -2.59. The van der Waals surface area contributed by atoms with Gasteiger partial charge >= 0.3 is 0 Å². The van der Waals surface area contributed by atoms with Crippen LogP contribution in [0.1, 0.15) is 21.8 Å². The van der Waals surface area contributed by atoms with Crippen molar-refractivity contribution in [3.63, 3.8) is 0 Å². The molecule has 0 aromatic carbocycles. The van der Waals surface area contributed by atoms with Crippen LogP contribution in [0.25, 0.3) is 0 Å². The molecule has 1 amide bonds. The highest BCUT2D eigenvalue weighted by Crippen LogP contribution is 2.28. The van der Waals surface area contributed by atoms with Gasteiger partial charge in [-0.05, 0) is 14.0 Å². The van der Waals surface area contributed by atoms with Crippen LogP contribution in [0.4, 0.5) is 0 Å². The van der Waals surface area contributed by atoms with E-state index in [0.717, 1.165) is 0 Å². The maximum absolute atomic E-state index is 12.9. The van der Waals surface area contributed by atoms with Crippen LogP contribution in [0, 0.1) is 6.92 Å². The van der Waals surface area contributed by atoms with Gasteiger partial charge in [0.25, 0.3) is 5.91 Å². The fourth-order valence-electron chi connectivity index (χ4n) is 3.39. The number of nitrogens with zero attached hydrogens (tertiary/aromatic N) is 3. The molecule has 128 valence electrons. The average molecular weight is 343 g/mol. The monoisotopic (exact) mass is 343 g/mol. The number of piperazine rings is 1. The lowest BCUT2D eigenvalue weighted by atomic mass is 10.0. The number of aryl methyl sites for hydroxylation is 1. The second-order valence-corrected chi connectivity index (χ2v) is 8.34. The highest BCUT2D eigenvalue weighted by atomic mass is 32.2. The van der Waals surface area contributed by atoms with Gasteiger partial charge in [-0.15, -0.1) is 0 Å². The molecule has 3 rings (SSSR count). The number of amides is 1. The zero-order chi connectivity index (χ0) is 16.8. The molecule has 2 aliphatic rings. The van der Waals surface area contributed by atoms with Gasteiger partial charge in [-0.1, -0.05) is 5.16 Å². The van der Waals surface area contributed by atoms with Gasteiger partial charge in [0, 0.05) is 26.2 Å². The Labute approximate surface area is 135 Å². The first-order valence-corrected chi connectivity index (χ1v) is 9.32. The number of carbonyl (C=O) groups excluding carboxylic acids is 1. The van der Waals surface area contributed by atoms with Gasteiger partial charge in [-0.2, -0.15) is 0 Å². The Morgan fingerprint density at radius 2 is 2.04 bits per heavy atom. The van der Waals surface area contributed by atoms with Crippen molar-refractivity contribution in [3.05, 3.63) is 17.0 Å². The number of hydrogen-bond donors (Lipinski definition) is 0. The normalized spacial score (nSPS) is 27.2. The number of sulfone groups is 1. The molecule has 8 nitrogen and oxygen atoms in total. The molecule has 1 aromatic heterocycles. The number of fused-ring (bicyclic) bond motifs is 1. The molecule has 0 saturated carbocycles. The summed E-state index contributed by atoms with van der Waals surface area (Å²) in [7, 11) is 0.308. The fraction of sp³-hybridized carbons (Fsp3) is 0.714. The summed E-state index contributed by atoms with van der Waals surface area (Å²) in [5.74, 6) is 0.360. The zero-order valence-electron chi connectivity index (χ0n) is 13.5. The highest BCUT2D eigenvalue weighted by Gasteiger charge is 2.47. The van der Waals surface area contributed by atoms with Crippen molar-refractivity contribution in [2.45, 2.75) is 25.6 Å². The van der Waals surface area contributed by atoms with Gasteiger partial charge in [0.1, 0.15) is 5.76 Å². The molecule has 2 aliphatic heterocycles. The molecule has 3 heterocycles. The van der Waals surface area contributed by atoms with E-state index in [-0.39, 0.29) is 41.8 Å². The largest absolute Gasteiger partial charge is 0.380 e. The second kappa shape index (κ2) is 5.88. The van der Waals surface area contributed by atoms with E-state index >= 15 is 0 Å². The summed E-state index contributed by atoms with van der Waals surface area (Å²) in [6.07, 6.45) is 0. The van der Waals surface area contributed by atoms with E-state index in [1.807, 2.05) is 11.9 Å². The van der Waals surface area contributed by atoms with Crippen molar-refractivity contribution >= 4 is 15.7 Å². The first kappa shape index (κ1) is 16.4. The average Bonchev–Trinajstić information content (AvgIpc) is 3.00. The van der Waals surface area contributed by atoms with E-state index in [9.17, 15) is 13.2 Å². The van der Waals surface area contributed by atoms with Gasteiger partial charge in [-0.25, -0.2) is 8.42 Å². The third-order valence-corrected chi connectivity index (χ3v) is 6.39. The molecule has 23 heavy (non-hydrogen) atoms. The molecule has 2 fully saturated rings. The van der Waals surface area contributed by atoms with Crippen LogP contribution in [0.15, 0.2) is 4.52 Å². The van der Waals surface area contributed by atoms with Crippen LogP contribution in [-0.4, -0.2) is 80.1 Å². The Morgan fingerprint density at radius 1 is 1.35 bits per heavy atom. The predicted octanol–water partition coefficient (Wildman–Crippen LogP) is -0.317. The molecular formula is C14H21N3O5S. The molecular weight excluding hydrogens is 322 g/mol. The number of methoxy groups -OCH3 is 1. The smallest absolute Gasteiger partial charge is 0.276 e. The summed E-state index contributed by atoms with van der Waals surface area (Å²) >= 11 is 0. The van der Waals surface area contributed by atoms with Crippen LogP contribution in [0.2, 0.25) is 0 Å². The molecule has 0 spiro atoms. The van der Waals surface area contributed by atoms with E-state index in [2.05, 4.69) is 5.16 Å². The third kappa shape index (κ3) is 2.88. The molecule has 0 N–H and O–H groups in total. The topological polar surface area (TPSA) is 93.0 Å². The first-order chi connectivity index (χ1) is 10.8. The van der Waals surface area contributed by atoms with Crippen molar-refractivity contribution < 1.29 is 22.5 Å². The lowest BCUT2D eigenvalue weighted by molar-refractivity contribution is 0.0398. The Hall–Kier alpha value is -1.45. The number of aromatic nitrogens is 1. The van der Waals surface area contributed by atoms with E-state index in [1.54, 1.807) is 11.8 Å². The Bertz CT molecular complexity index is 714. The Balaban J connectivity index is 1.91. The summed E-state index contributed by atoms with van der Waals surface area (Å²) in [6.45, 7) is 3.07. The third-order valence-electron chi connectivity index (χ3n) is 4.69. The van der Waals surface area contributed by atoms with Crippen LogP contribution in [0.3, 0.4) is 0 Å². The zero-order valence-corrected chi connectivity index (χ0v) is 14.3. The van der Waals surface area contributed by atoms with E-state index < -0.39 is 9.84 Å². The highest BCUT2D eigenvalue weighted by molar-refractivity contribution is 7.91. The summed E-state index contributed by atoms with van der Waals surface area (Å²) < 4.78 is 34.2. The van der Waals surface area contributed by atoms with E-state index in [0.29, 0.717) is 24.4 Å². The van der Waals surface area contributed by atoms with Crippen molar-refractivity contribution in [3.8, 4) is 0 Å². The predicted molar refractivity (Wildman–Crippen MR) is 81.8 cm³/mol. The van der Waals surface area contributed by atoms with Gasteiger partial charge < -0.3 is 14.2 Å². The lowest BCUT2D eigenvalue weighted by Gasteiger charge is -2.41. The maximum atomic E-state index is 12.9. The minimum atomic E-state index is -3.13. The molecule has 0 bridgehead atoms. The fourth-order valence-corrected chi connectivity index (χ4v) is 5.44. The number of rotatable bonds is 3. The minimum Gasteiger partial charge on any atom is -0.380 e. The van der Waals surface area contributed by atoms with Gasteiger partial charge in [0.15, 0.2) is 15.5 Å². The van der Waals surface area contributed by atoms with Crippen molar-refractivity contribution in [1.82, 2.24) is 15.0 Å². The minimum absolute atomic E-state index is 0.00416. The Kier molecular flexibility index (Phi) is 4.19. The summed E-state index contributed by atoms with van der Waals surface area (Å²) in [4.78, 5) is 16.6. The molecule has 0 radical (unpaired) electrons. The standard InChI is InChI=1S/C14H21N3O5S/c1-9-10(6-21-3)13(15-22-9)14(18)17-5-4-16(2)11-7-23(19,20)8-12(11)17/h11-12H,4-8H2,1-3H3/t11-,12+/m1/s1. The number of likely N-dealkylation sites (N-methyl/N-ethyl adjacent to an activating group) is 1. The van der Waals surface area contributed by atoms with Crippen molar-refractivity contribution in [1.29, 1.82) is 0 Å². The SMILES string of the molecule is COCc1c(C(=O)N2CCN(C)[C@@H]3CS(=O)(=O)C[C@@H]32)noc1C. The molecule has 0 unspecified atom stereocenters. The molecule has 2 atom stereocenters. The summed E-state index contributed by atoms with van der Waals surface area (Å²) in [5.41, 5.74) is 0.839. The first-order valence-electron chi connectivity index (χ1n) is 7.50. The summed E-state index contributed by atoms with van der Waals surface area (Å²) in [6, 6.07) is -0.491. The van der Waals surface area contributed by atoms with Crippen LogP contribution in [0.5, 0.6) is 0 Å². The van der Waals surface area contributed by atoms with E-state index in [4.69, 9.17) is 9.26 Å². The molecule has 2 saturated heterocycles. The molecule has 9 heteroatoms. The van der Waals surface area contributed by atoms with Gasteiger partial charge in [0.2, 0.25) is 0 Å². The van der Waals surface area contributed by atoms with Gasteiger partial charge in [-0.3, -0.25) is 9.69 Å². The second-order valence-electron chi connectivity index (χ2n) is 6.19. The molecule has 0 aliphatic carbocycles. The van der Waals surface area contributed by atoms with E-state index in [1.165, 1.54) is 7.11 Å².